The molecule has 0 atom stereocenters. The zero-order valence-electron chi connectivity index (χ0n) is 11.9. The molecule has 0 fully saturated rings. The topological polar surface area (TPSA) is 32.3 Å². The molecule has 0 aromatic heterocycles. The molecule has 0 aliphatic heterocycles. The number of anilines is 1. The van der Waals surface area contributed by atoms with E-state index in [4.69, 9.17) is 11.6 Å². The fourth-order valence-corrected chi connectivity index (χ4v) is 2.20. The van der Waals surface area contributed by atoms with Gasteiger partial charge in [-0.15, -0.1) is 0 Å². The fraction of sp³-hybridized carbons (Fsp3) is 0.188. The highest BCUT2D eigenvalue weighted by Gasteiger charge is 2.09. The van der Waals surface area contributed by atoms with Gasteiger partial charge in [-0.1, -0.05) is 23.7 Å². The molecule has 0 spiro atoms. The molecule has 22 heavy (non-hydrogen) atoms. The summed E-state index contributed by atoms with van der Waals surface area (Å²) in [4.78, 5) is 13.7. The molecule has 0 unspecified atom stereocenters. The number of benzene rings is 2. The molecule has 0 aliphatic rings. The third kappa shape index (κ3) is 4.79. The first-order valence-corrected chi connectivity index (χ1v) is 7.00. The molecule has 3 nitrogen and oxygen atoms in total. The van der Waals surface area contributed by atoms with Gasteiger partial charge in [0, 0.05) is 12.2 Å². The van der Waals surface area contributed by atoms with Crippen molar-refractivity contribution in [1.82, 2.24) is 4.90 Å². The maximum atomic E-state index is 13.1. The standard InChI is InChI=1S/C16H15ClF2N2O/c1-21(9-11-3-2-4-12(18)7-11)10-16(22)20-13-5-6-15(19)14(17)8-13/h2-8H,9-10H2,1H3,(H,20,22). The van der Waals surface area contributed by atoms with Crippen molar-refractivity contribution in [2.75, 3.05) is 18.9 Å². The lowest BCUT2D eigenvalue weighted by molar-refractivity contribution is -0.117. The smallest absolute Gasteiger partial charge is 0.238 e. The van der Waals surface area contributed by atoms with Crippen molar-refractivity contribution < 1.29 is 13.6 Å². The normalized spacial score (nSPS) is 10.8. The molecule has 2 rings (SSSR count). The number of rotatable bonds is 5. The Kier molecular flexibility index (Phi) is 5.46. The second kappa shape index (κ2) is 7.33. The molecule has 2 aromatic rings. The molecular formula is C16H15ClF2N2O. The number of carbonyl (C=O) groups is 1. The second-order valence-electron chi connectivity index (χ2n) is 4.98. The Bertz CT molecular complexity index is 679. The van der Waals surface area contributed by atoms with Gasteiger partial charge in [-0.05, 0) is 42.9 Å². The van der Waals surface area contributed by atoms with Crippen molar-refractivity contribution in [3.8, 4) is 0 Å². The van der Waals surface area contributed by atoms with Crippen LogP contribution in [-0.4, -0.2) is 24.4 Å². The Morgan fingerprint density at radius 1 is 1.23 bits per heavy atom. The Labute approximate surface area is 132 Å². The summed E-state index contributed by atoms with van der Waals surface area (Å²) in [6.45, 7) is 0.556. The molecule has 0 heterocycles. The van der Waals surface area contributed by atoms with E-state index in [1.165, 1.54) is 30.3 Å². The number of hydrogen-bond acceptors (Lipinski definition) is 2. The second-order valence-corrected chi connectivity index (χ2v) is 5.39. The van der Waals surface area contributed by atoms with Crippen LogP contribution < -0.4 is 5.32 Å². The summed E-state index contributed by atoms with van der Waals surface area (Å²) in [5.74, 6) is -1.11. The first-order valence-electron chi connectivity index (χ1n) is 6.62. The van der Waals surface area contributed by atoms with E-state index < -0.39 is 5.82 Å². The Morgan fingerprint density at radius 3 is 2.68 bits per heavy atom. The molecule has 0 aliphatic carbocycles. The van der Waals surface area contributed by atoms with Crippen molar-refractivity contribution in [3.63, 3.8) is 0 Å². The van der Waals surface area contributed by atoms with Crippen LogP contribution >= 0.6 is 11.6 Å². The summed E-state index contributed by atoms with van der Waals surface area (Å²) in [5, 5.41) is 2.58. The average molecular weight is 325 g/mol. The van der Waals surface area contributed by atoms with Crippen molar-refractivity contribution >= 4 is 23.2 Å². The monoisotopic (exact) mass is 324 g/mol. The van der Waals surface area contributed by atoms with Crippen LogP contribution in [0.15, 0.2) is 42.5 Å². The minimum atomic E-state index is -0.539. The van der Waals surface area contributed by atoms with E-state index >= 15 is 0 Å². The van der Waals surface area contributed by atoms with E-state index in [0.717, 1.165) is 5.56 Å². The molecular weight excluding hydrogens is 310 g/mol. The number of nitrogens with zero attached hydrogens (tertiary/aromatic N) is 1. The van der Waals surface area contributed by atoms with Crippen LogP contribution in [0.1, 0.15) is 5.56 Å². The lowest BCUT2D eigenvalue weighted by Gasteiger charge is -2.16. The van der Waals surface area contributed by atoms with E-state index in [2.05, 4.69) is 5.32 Å². The predicted octanol–water partition coefficient (Wildman–Crippen LogP) is 3.69. The number of hydrogen-bond donors (Lipinski definition) is 1. The van der Waals surface area contributed by atoms with E-state index in [9.17, 15) is 13.6 Å². The Hall–Kier alpha value is -1.98. The molecule has 1 amide bonds. The third-order valence-corrected chi connectivity index (χ3v) is 3.25. The largest absolute Gasteiger partial charge is 0.325 e. The number of likely N-dealkylation sites (N-methyl/N-ethyl adjacent to an activating group) is 1. The molecule has 0 bridgehead atoms. The summed E-state index contributed by atoms with van der Waals surface area (Å²) in [5.41, 5.74) is 1.20. The van der Waals surface area contributed by atoms with Crippen molar-refractivity contribution in [3.05, 3.63) is 64.7 Å². The van der Waals surface area contributed by atoms with Gasteiger partial charge >= 0.3 is 0 Å². The van der Waals surface area contributed by atoms with Crippen LogP contribution in [0.4, 0.5) is 14.5 Å². The van der Waals surface area contributed by atoms with Gasteiger partial charge in [0.25, 0.3) is 0 Å². The van der Waals surface area contributed by atoms with Gasteiger partial charge < -0.3 is 5.32 Å². The zero-order valence-corrected chi connectivity index (χ0v) is 12.7. The lowest BCUT2D eigenvalue weighted by atomic mass is 10.2. The van der Waals surface area contributed by atoms with E-state index in [1.807, 2.05) is 0 Å². The van der Waals surface area contributed by atoms with Gasteiger partial charge in [0.15, 0.2) is 0 Å². The van der Waals surface area contributed by atoms with Crippen LogP contribution in [-0.2, 0) is 11.3 Å². The third-order valence-electron chi connectivity index (χ3n) is 2.96. The van der Waals surface area contributed by atoms with Crippen molar-refractivity contribution in [1.29, 1.82) is 0 Å². The van der Waals surface area contributed by atoms with Crippen molar-refractivity contribution in [2.24, 2.45) is 0 Å². The Morgan fingerprint density at radius 2 is 2.00 bits per heavy atom. The first kappa shape index (κ1) is 16.4. The molecule has 0 saturated carbocycles. The number of nitrogens with one attached hydrogen (secondary N) is 1. The maximum Gasteiger partial charge on any atom is 0.238 e. The SMILES string of the molecule is CN(CC(=O)Nc1ccc(F)c(Cl)c1)Cc1cccc(F)c1. The fourth-order valence-electron chi connectivity index (χ4n) is 2.02. The highest BCUT2D eigenvalue weighted by molar-refractivity contribution is 6.31. The summed E-state index contributed by atoms with van der Waals surface area (Å²) in [6.07, 6.45) is 0. The minimum Gasteiger partial charge on any atom is -0.325 e. The molecule has 116 valence electrons. The molecule has 2 aromatic carbocycles. The number of amides is 1. The van der Waals surface area contributed by atoms with E-state index in [0.29, 0.717) is 12.2 Å². The lowest BCUT2D eigenvalue weighted by Crippen LogP contribution is -2.29. The van der Waals surface area contributed by atoms with Gasteiger partial charge in [0.05, 0.1) is 11.6 Å². The molecule has 0 radical (unpaired) electrons. The predicted molar refractivity (Wildman–Crippen MR) is 82.8 cm³/mol. The first-order chi connectivity index (χ1) is 10.4. The van der Waals surface area contributed by atoms with Crippen LogP contribution in [0.2, 0.25) is 5.02 Å². The quantitative estimate of drug-likeness (QED) is 0.909. The van der Waals surface area contributed by atoms with Crippen LogP contribution in [0.25, 0.3) is 0 Å². The summed E-state index contributed by atoms with van der Waals surface area (Å²) in [7, 11) is 1.75. The molecule has 0 saturated heterocycles. The van der Waals surface area contributed by atoms with E-state index in [-0.39, 0.29) is 23.3 Å². The zero-order chi connectivity index (χ0) is 16.1. The number of halogens is 3. The highest BCUT2D eigenvalue weighted by atomic mass is 35.5. The highest BCUT2D eigenvalue weighted by Crippen LogP contribution is 2.19. The summed E-state index contributed by atoms with van der Waals surface area (Å²) >= 11 is 5.65. The van der Waals surface area contributed by atoms with Crippen LogP contribution in [0.5, 0.6) is 0 Å². The maximum absolute atomic E-state index is 13.1. The van der Waals surface area contributed by atoms with E-state index in [1.54, 1.807) is 24.1 Å². The van der Waals surface area contributed by atoms with Gasteiger partial charge in [0.2, 0.25) is 5.91 Å². The van der Waals surface area contributed by atoms with Gasteiger partial charge in [-0.25, -0.2) is 8.78 Å². The van der Waals surface area contributed by atoms with Crippen LogP contribution in [0, 0.1) is 11.6 Å². The summed E-state index contributed by atoms with van der Waals surface area (Å²) < 4.78 is 26.1. The van der Waals surface area contributed by atoms with Gasteiger partial charge in [0.1, 0.15) is 11.6 Å². The molecule has 1 N–H and O–H groups in total. The summed E-state index contributed by atoms with van der Waals surface area (Å²) in [6, 6.07) is 10.2. The van der Waals surface area contributed by atoms with Crippen molar-refractivity contribution in [2.45, 2.75) is 6.54 Å². The van der Waals surface area contributed by atoms with Gasteiger partial charge in [-0.2, -0.15) is 0 Å². The van der Waals surface area contributed by atoms with Gasteiger partial charge in [-0.3, -0.25) is 9.69 Å². The Balaban J connectivity index is 1.89. The average Bonchev–Trinajstić information content (AvgIpc) is 2.42. The number of carbonyl (C=O) groups excluding carboxylic acids is 1. The van der Waals surface area contributed by atoms with Crippen LogP contribution in [0.3, 0.4) is 0 Å². The minimum absolute atomic E-state index is 0.0501. The molecule has 6 heteroatoms.